The maximum Gasteiger partial charge on any atom is 0.213 e. The lowest BCUT2D eigenvalue weighted by Crippen LogP contribution is -2.19. The topological polar surface area (TPSA) is 22.1 Å². The summed E-state index contributed by atoms with van der Waals surface area (Å²) in [5, 5.41) is 0. The summed E-state index contributed by atoms with van der Waals surface area (Å²) in [4.78, 5) is 4.59. The Hall–Kier alpha value is -1.05. The van der Waals surface area contributed by atoms with Crippen LogP contribution >= 0.6 is 0 Å². The number of nitrogens with zero attached hydrogens (tertiary/aromatic N) is 1. The number of rotatable bonds is 2. The molecule has 0 bridgehead atoms. The van der Waals surface area contributed by atoms with Gasteiger partial charge in [0, 0.05) is 11.5 Å². The number of aryl methyl sites for hydroxylation is 1. The zero-order valence-electron chi connectivity index (χ0n) is 12.2. The van der Waals surface area contributed by atoms with E-state index in [0.717, 1.165) is 11.6 Å². The summed E-state index contributed by atoms with van der Waals surface area (Å²) in [5.74, 6) is 0.741. The Balaban J connectivity index is 2.91. The smallest absolute Gasteiger partial charge is 0.213 e. The Morgan fingerprint density at radius 3 is 2.12 bits per heavy atom. The summed E-state index contributed by atoms with van der Waals surface area (Å²) in [6.07, 6.45) is 0. The van der Waals surface area contributed by atoms with E-state index in [1.165, 1.54) is 5.56 Å². The van der Waals surface area contributed by atoms with E-state index in [-0.39, 0.29) is 10.8 Å². The molecule has 0 aliphatic carbocycles. The molecule has 0 spiro atoms. The van der Waals surface area contributed by atoms with E-state index in [2.05, 4.69) is 59.5 Å². The first kappa shape index (κ1) is 14.0. The van der Waals surface area contributed by atoms with Crippen LogP contribution < -0.4 is 4.74 Å². The van der Waals surface area contributed by atoms with Crippen LogP contribution in [0.1, 0.15) is 52.8 Å². The normalized spacial score (nSPS) is 12.6. The van der Waals surface area contributed by atoms with Crippen molar-refractivity contribution < 1.29 is 4.74 Å². The summed E-state index contributed by atoms with van der Waals surface area (Å²) in [7, 11) is 0. The number of ether oxygens (including phenoxy) is 1. The third-order valence-corrected chi connectivity index (χ3v) is 2.37. The second-order valence-corrected chi connectivity index (χ2v) is 6.97. The molecule has 1 aromatic rings. The second-order valence-electron chi connectivity index (χ2n) is 6.97. The van der Waals surface area contributed by atoms with Gasteiger partial charge in [0.25, 0.3) is 0 Å². The molecule has 2 heteroatoms. The van der Waals surface area contributed by atoms with E-state index in [1.807, 2.05) is 6.07 Å². The van der Waals surface area contributed by atoms with Crippen molar-refractivity contribution in [2.24, 2.45) is 5.41 Å². The van der Waals surface area contributed by atoms with E-state index in [0.29, 0.717) is 6.61 Å². The lowest BCUT2D eigenvalue weighted by atomic mass is 9.91. The zero-order valence-corrected chi connectivity index (χ0v) is 12.2. The van der Waals surface area contributed by atoms with Gasteiger partial charge in [-0.15, -0.1) is 0 Å². The van der Waals surface area contributed by atoms with Gasteiger partial charge in [0.15, 0.2) is 0 Å². The van der Waals surface area contributed by atoms with Gasteiger partial charge >= 0.3 is 0 Å². The Kier molecular flexibility index (Phi) is 3.85. The lowest BCUT2D eigenvalue weighted by molar-refractivity contribution is 0.190. The second kappa shape index (κ2) is 4.67. The molecule has 0 N–H and O–H groups in total. The van der Waals surface area contributed by atoms with E-state index in [4.69, 9.17) is 4.74 Å². The third-order valence-electron chi connectivity index (χ3n) is 2.37. The SMILES string of the molecule is Cc1cc(OCC(C)(C)C)nc(C(C)(C)C)c1. The van der Waals surface area contributed by atoms with E-state index < -0.39 is 0 Å². The molecule has 2 nitrogen and oxygen atoms in total. The summed E-state index contributed by atoms with van der Waals surface area (Å²) >= 11 is 0. The fraction of sp³-hybridized carbons (Fsp3) is 0.667. The summed E-state index contributed by atoms with van der Waals surface area (Å²) in [6.45, 7) is 15.8. The lowest BCUT2D eigenvalue weighted by Gasteiger charge is -2.22. The third kappa shape index (κ3) is 4.76. The van der Waals surface area contributed by atoms with Crippen molar-refractivity contribution in [2.45, 2.75) is 53.9 Å². The van der Waals surface area contributed by atoms with Gasteiger partial charge in [-0.3, -0.25) is 0 Å². The van der Waals surface area contributed by atoms with Gasteiger partial charge in [-0.25, -0.2) is 4.98 Å². The minimum Gasteiger partial charge on any atom is -0.477 e. The average Bonchev–Trinajstić information content (AvgIpc) is 2.11. The number of hydrogen-bond donors (Lipinski definition) is 0. The summed E-state index contributed by atoms with van der Waals surface area (Å²) in [5.41, 5.74) is 2.51. The maximum atomic E-state index is 5.78. The van der Waals surface area contributed by atoms with E-state index >= 15 is 0 Å². The van der Waals surface area contributed by atoms with Gasteiger partial charge in [-0.2, -0.15) is 0 Å². The number of hydrogen-bond acceptors (Lipinski definition) is 2. The molecular weight excluding hydrogens is 210 g/mol. The van der Waals surface area contributed by atoms with Crippen LogP contribution in [0, 0.1) is 12.3 Å². The standard InChI is InChI=1S/C15H25NO/c1-11-8-12(15(5,6)7)16-13(9-11)17-10-14(2,3)4/h8-9H,10H2,1-7H3. The van der Waals surface area contributed by atoms with Crippen molar-refractivity contribution in [2.75, 3.05) is 6.61 Å². The first-order valence-corrected chi connectivity index (χ1v) is 6.20. The molecule has 0 aliphatic heterocycles. The van der Waals surface area contributed by atoms with Crippen LogP contribution in [-0.2, 0) is 5.41 Å². The highest BCUT2D eigenvalue weighted by Crippen LogP contribution is 2.24. The molecule has 96 valence electrons. The van der Waals surface area contributed by atoms with Gasteiger partial charge in [0.2, 0.25) is 5.88 Å². The molecule has 17 heavy (non-hydrogen) atoms. The molecule has 0 atom stereocenters. The van der Waals surface area contributed by atoms with E-state index in [9.17, 15) is 0 Å². The predicted molar refractivity (Wildman–Crippen MR) is 72.6 cm³/mol. The molecule has 0 radical (unpaired) electrons. The maximum absolute atomic E-state index is 5.78. The molecule has 0 saturated carbocycles. The van der Waals surface area contributed by atoms with Crippen LogP contribution in [-0.4, -0.2) is 11.6 Å². The molecule has 0 unspecified atom stereocenters. The molecule has 1 aromatic heterocycles. The first-order valence-electron chi connectivity index (χ1n) is 6.20. The van der Waals surface area contributed by atoms with Crippen LogP contribution in [0.2, 0.25) is 0 Å². The molecular formula is C15H25NO. The Labute approximate surface area is 105 Å². The quantitative estimate of drug-likeness (QED) is 0.769. The fourth-order valence-electron chi connectivity index (χ4n) is 1.38. The van der Waals surface area contributed by atoms with Crippen LogP contribution in [0.3, 0.4) is 0 Å². The van der Waals surface area contributed by atoms with Gasteiger partial charge < -0.3 is 4.74 Å². The van der Waals surface area contributed by atoms with Gasteiger partial charge in [0.05, 0.1) is 12.3 Å². The number of pyridine rings is 1. The Bertz CT molecular complexity index is 383. The average molecular weight is 235 g/mol. The van der Waals surface area contributed by atoms with Crippen molar-refractivity contribution in [3.63, 3.8) is 0 Å². The van der Waals surface area contributed by atoms with Gasteiger partial charge in [-0.05, 0) is 24.0 Å². The summed E-state index contributed by atoms with van der Waals surface area (Å²) in [6, 6.07) is 4.13. The van der Waals surface area contributed by atoms with Gasteiger partial charge in [0.1, 0.15) is 0 Å². The molecule has 0 aliphatic rings. The Morgan fingerprint density at radius 1 is 1.06 bits per heavy atom. The highest BCUT2D eigenvalue weighted by molar-refractivity contribution is 5.27. The van der Waals surface area contributed by atoms with Crippen molar-refractivity contribution in [1.82, 2.24) is 4.98 Å². The largest absolute Gasteiger partial charge is 0.477 e. The van der Waals surface area contributed by atoms with Crippen LogP contribution in [0.25, 0.3) is 0 Å². The highest BCUT2D eigenvalue weighted by atomic mass is 16.5. The van der Waals surface area contributed by atoms with Crippen molar-refractivity contribution in [3.8, 4) is 5.88 Å². The van der Waals surface area contributed by atoms with E-state index in [1.54, 1.807) is 0 Å². The molecule has 0 amide bonds. The predicted octanol–water partition coefficient (Wildman–Crippen LogP) is 4.11. The minimum absolute atomic E-state index is 0.0614. The van der Waals surface area contributed by atoms with Crippen LogP contribution in [0.15, 0.2) is 12.1 Å². The molecule has 1 rings (SSSR count). The van der Waals surface area contributed by atoms with Crippen molar-refractivity contribution in [3.05, 3.63) is 23.4 Å². The molecule has 0 saturated heterocycles. The highest BCUT2D eigenvalue weighted by Gasteiger charge is 2.18. The zero-order chi connectivity index (χ0) is 13.3. The molecule has 0 aromatic carbocycles. The van der Waals surface area contributed by atoms with Crippen LogP contribution in [0.4, 0.5) is 0 Å². The fourth-order valence-corrected chi connectivity index (χ4v) is 1.38. The Morgan fingerprint density at radius 2 is 1.65 bits per heavy atom. The monoisotopic (exact) mass is 235 g/mol. The van der Waals surface area contributed by atoms with Crippen molar-refractivity contribution >= 4 is 0 Å². The summed E-state index contributed by atoms with van der Waals surface area (Å²) < 4.78 is 5.78. The molecule has 1 heterocycles. The van der Waals surface area contributed by atoms with Crippen LogP contribution in [0.5, 0.6) is 5.88 Å². The first-order chi connectivity index (χ1) is 7.58. The van der Waals surface area contributed by atoms with Gasteiger partial charge in [-0.1, -0.05) is 41.5 Å². The molecule has 0 fully saturated rings. The minimum atomic E-state index is 0.0614. The van der Waals surface area contributed by atoms with Crippen molar-refractivity contribution in [1.29, 1.82) is 0 Å². The number of aromatic nitrogens is 1.